The molecule has 0 aliphatic heterocycles. The smallest absolute Gasteiger partial charge is 0.261 e. The van der Waals surface area contributed by atoms with Crippen LogP contribution in [0, 0.1) is 13.8 Å². The van der Waals surface area contributed by atoms with Crippen molar-refractivity contribution in [1.29, 1.82) is 0 Å². The predicted octanol–water partition coefficient (Wildman–Crippen LogP) is 4.18. The lowest BCUT2D eigenvalue weighted by molar-refractivity contribution is -0.128. The van der Waals surface area contributed by atoms with E-state index in [1.54, 1.807) is 0 Å². The fourth-order valence-corrected chi connectivity index (χ4v) is 2.54. The quantitative estimate of drug-likeness (QED) is 0.784. The Labute approximate surface area is 150 Å². The molecule has 2 aromatic rings. The third kappa shape index (κ3) is 5.24. The lowest BCUT2D eigenvalue weighted by Crippen LogP contribution is -2.37. The minimum atomic E-state index is -0.504. The summed E-state index contributed by atoms with van der Waals surface area (Å²) in [7, 11) is 0. The highest BCUT2D eigenvalue weighted by molar-refractivity contribution is 5.81. The number of amides is 1. The van der Waals surface area contributed by atoms with Gasteiger partial charge in [0.2, 0.25) is 0 Å². The number of carbonyl (C=O) groups is 1. The zero-order chi connectivity index (χ0) is 18.2. The average Bonchev–Trinajstić information content (AvgIpc) is 2.61. The first-order valence-corrected chi connectivity index (χ1v) is 8.77. The summed E-state index contributed by atoms with van der Waals surface area (Å²) < 4.78 is 11.4. The molecule has 0 aliphatic carbocycles. The van der Waals surface area contributed by atoms with Crippen molar-refractivity contribution in [1.82, 2.24) is 5.32 Å². The zero-order valence-corrected chi connectivity index (χ0v) is 15.5. The van der Waals surface area contributed by atoms with Gasteiger partial charge in [-0.25, -0.2) is 0 Å². The van der Waals surface area contributed by atoms with E-state index in [0.29, 0.717) is 19.6 Å². The van der Waals surface area contributed by atoms with Crippen LogP contribution in [0.2, 0.25) is 0 Å². The Balaban J connectivity index is 1.98. The molecule has 1 amide bonds. The SMILES string of the molecule is CCOc1cccc(CNC(=O)C(CC)Oc2cccc(C)c2C)c1. The highest BCUT2D eigenvalue weighted by atomic mass is 16.5. The van der Waals surface area contributed by atoms with Crippen molar-refractivity contribution in [3.05, 3.63) is 59.2 Å². The number of hydrogen-bond donors (Lipinski definition) is 1. The van der Waals surface area contributed by atoms with Crippen LogP contribution in [0.1, 0.15) is 37.0 Å². The first-order chi connectivity index (χ1) is 12.0. The summed E-state index contributed by atoms with van der Waals surface area (Å²) in [5, 5.41) is 2.95. The summed E-state index contributed by atoms with van der Waals surface area (Å²) in [4.78, 5) is 12.5. The maximum atomic E-state index is 12.5. The molecule has 2 aromatic carbocycles. The largest absolute Gasteiger partial charge is 0.494 e. The Morgan fingerprint density at radius 3 is 2.60 bits per heavy atom. The van der Waals surface area contributed by atoms with Crippen LogP contribution in [-0.2, 0) is 11.3 Å². The van der Waals surface area contributed by atoms with Crippen molar-refractivity contribution in [2.45, 2.75) is 46.8 Å². The third-order valence-electron chi connectivity index (χ3n) is 4.16. The molecule has 0 aliphatic rings. The van der Waals surface area contributed by atoms with Crippen LogP contribution < -0.4 is 14.8 Å². The lowest BCUT2D eigenvalue weighted by Gasteiger charge is -2.19. The summed E-state index contributed by atoms with van der Waals surface area (Å²) in [6.45, 7) is 9.02. The molecule has 1 atom stereocenters. The number of hydrogen-bond acceptors (Lipinski definition) is 3. The van der Waals surface area contributed by atoms with Gasteiger partial charge in [0, 0.05) is 6.54 Å². The molecule has 4 heteroatoms. The molecule has 1 N–H and O–H groups in total. The van der Waals surface area contributed by atoms with Crippen LogP contribution in [0.25, 0.3) is 0 Å². The van der Waals surface area contributed by atoms with E-state index < -0.39 is 6.10 Å². The molecule has 0 aromatic heterocycles. The molecule has 0 saturated heterocycles. The Bertz CT molecular complexity index is 712. The molecular formula is C21H27NO3. The van der Waals surface area contributed by atoms with Gasteiger partial charge in [-0.1, -0.05) is 31.2 Å². The summed E-state index contributed by atoms with van der Waals surface area (Å²) in [5.41, 5.74) is 3.22. The second-order valence-corrected chi connectivity index (χ2v) is 6.01. The van der Waals surface area contributed by atoms with Gasteiger partial charge in [-0.2, -0.15) is 0 Å². The van der Waals surface area contributed by atoms with E-state index >= 15 is 0 Å². The normalized spacial score (nSPS) is 11.7. The van der Waals surface area contributed by atoms with Crippen LogP contribution >= 0.6 is 0 Å². The van der Waals surface area contributed by atoms with E-state index in [9.17, 15) is 4.79 Å². The Morgan fingerprint density at radius 2 is 1.88 bits per heavy atom. The molecule has 0 heterocycles. The summed E-state index contributed by atoms with van der Waals surface area (Å²) in [6.07, 6.45) is 0.105. The minimum Gasteiger partial charge on any atom is -0.494 e. The van der Waals surface area contributed by atoms with Gasteiger partial charge < -0.3 is 14.8 Å². The maximum absolute atomic E-state index is 12.5. The highest BCUT2D eigenvalue weighted by Crippen LogP contribution is 2.22. The standard InChI is InChI=1S/C21H27NO3/c1-5-19(25-20-12-7-9-15(3)16(20)4)21(23)22-14-17-10-8-11-18(13-17)24-6-2/h7-13,19H,5-6,14H2,1-4H3,(H,22,23). The van der Waals surface area contributed by atoms with Crippen molar-refractivity contribution in [2.75, 3.05) is 6.61 Å². The summed E-state index contributed by atoms with van der Waals surface area (Å²) >= 11 is 0. The van der Waals surface area contributed by atoms with E-state index in [2.05, 4.69) is 5.32 Å². The van der Waals surface area contributed by atoms with E-state index in [1.807, 2.05) is 70.2 Å². The van der Waals surface area contributed by atoms with Crippen LogP contribution in [0.5, 0.6) is 11.5 Å². The number of rotatable bonds is 8. The number of carbonyl (C=O) groups excluding carboxylic acids is 1. The molecular weight excluding hydrogens is 314 g/mol. The van der Waals surface area contributed by atoms with Gasteiger partial charge in [-0.15, -0.1) is 0 Å². The van der Waals surface area contributed by atoms with Crippen LogP contribution in [0.4, 0.5) is 0 Å². The maximum Gasteiger partial charge on any atom is 0.261 e. The van der Waals surface area contributed by atoms with Gasteiger partial charge in [-0.3, -0.25) is 4.79 Å². The number of nitrogens with one attached hydrogen (secondary N) is 1. The van der Waals surface area contributed by atoms with E-state index in [0.717, 1.165) is 28.2 Å². The van der Waals surface area contributed by atoms with E-state index in [4.69, 9.17) is 9.47 Å². The molecule has 134 valence electrons. The Kier molecular flexibility index (Phi) is 6.87. The molecule has 0 saturated carbocycles. The first kappa shape index (κ1) is 18.8. The average molecular weight is 341 g/mol. The number of ether oxygens (including phenoxy) is 2. The summed E-state index contributed by atoms with van der Waals surface area (Å²) in [6, 6.07) is 13.6. The monoisotopic (exact) mass is 341 g/mol. The zero-order valence-electron chi connectivity index (χ0n) is 15.5. The predicted molar refractivity (Wildman–Crippen MR) is 100 cm³/mol. The van der Waals surface area contributed by atoms with Gasteiger partial charge >= 0.3 is 0 Å². The van der Waals surface area contributed by atoms with Crippen LogP contribution in [0.3, 0.4) is 0 Å². The van der Waals surface area contributed by atoms with Gasteiger partial charge in [0.15, 0.2) is 6.10 Å². The van der Waals surface area contributed by atoms with Crippen molar-refractivity contribution in [2.24, 2.45) is 0 Å². The van der Waals surface area contributed by atoms with Crippen molar-refractivity contribution in [3.63, 3.8) is 0 Å². The molecule has 1 unspecified atom stereocenters. The minimum absolute atomic E-state index is 0.106. The molecule has 0 spiro atoms. The third-order valence-corrected chi connectivity index (χ3v) is 4.16. The van der Waals surface area contributed by atoms with Gasteiger partial charge in [0.05, 0.1) is 6.61 Å². The fourth-order valence-electron chi connectivity index (χ4n) is 2.54. The molecule has 2 rings (SSSR count). The second kappa shape index (κ2) is 9.11. The molecule has 0 bridgehead atoms. The second-order valence-electron chi connectivity index (χ2n) is 6.01. The van der Waals surface area contributed by atoms with Crippen LogP contribution in [-0.4, -0.2) is 18.6 Å². The first-order valence-electron chi connectivity index (χ1n) is 8.77. The summed E-state index contributed by atoms with van der Waals surface area (Å²) in [5.74, 6) is 1.47. The molecule has 25 heavy (non-hydrogen) atoms. The lowest BCUT2D eigenvalue weighted by atomic mass is 10.1. The molecule has 0 fully saturated rings. The van der Waals surface area contributed by atoms with Crippen LogP contribution in [0.15, 0.2) is 42.5 Å². The van der Waals surface area contributed by atoms with Gasteiger partial charge in [0.1, 0.15) is 11.5 Å². The van der Waals surface area contributed by atoms with Gasteiger partial charge in [-0.05, 0) is 62.1 Å². The highest BCUT2D eigenvalue weighted by Gasteiger charge is 2.19. The molecule has 4 nitrogen and oxygen atoms in total. The fraction of sp³-hybridized carbons (Fsp3) is 0.381. The topological polar surface area (TPSA) is 47.6 Å². The van der Waals surface area contributed by atoms with Crippen molar-refractivity contribution < 1.29 is 14.3 Å². The number of benzene rings is 2. The Hall–Kier alpha value is -2.49. The van der Waals surface area contributed by atoms with Gasteiger partial charge in [0.25, 0.3) is 5.91 Å². The number of aryl methyl sites for hydroxylation is 1. The van der Waals surface area contributed by atoms with E-state index in [1.165, 1.54) is 0 Å². The van der Waals surface area contributed by atoms with Crippen molar-refractivity contribution >= 4 is 5.91 Å². The molecule has 0 radical (unpaired) electrons. The Morgan fingerprint density at radius 1 is 1.12 bits per heavy atom. The van der Waals surface area contributed by atoms with Crippen molar-refractivity contribution in [3.8, 4) is 11.5 Å². The van der Waals surface area contributed by atoms with E-state index in [-0.39, 0.29) is 5.91 Å².